The number of thiophene rings is 1. The summed E-state index contributed by atoms with van der Waals surface area (Å²) in [7, 11) is 0. The number of benzene rings is 1. The number of hydrogen-bond acceptors (Lipinski definition) is 4. The van der Waals surface area contributed by atoms with E-state index in [1.54, 1.807) is 44.2 Å². The van der Waals surface area contributed by atoms with Gasteiger partial charge in [-0.2, -0.15) is 0 Å². The molecule has 2 rings (SSSR count). The summed E-state index contributed by atoms with van der Waals surface area (Å²) in [5.74, 6) is -0.597. The van der Waals surface area contributed by atoms with Gasteiger partial charge in [0.05, 0.1) is 27.1 Å². The number of carbonyl (C=O) groups excluding carboxylic acids is 2. The van der Waals surface area contributed by atoms with Crippen LogP contribution in [0.25, 0.3) is 0 Å². The van der Waals surface area contributed by atoms with Crippen LogP contribution >= 0.6 is 22.9 Å². The summed E-state index contributed by atoms with van der Waals surface area (Å²) >= 11 is 7.18. The molecular formula is C16H17ClN2O3S. The maximum absolute atomic E-state index is 12.2. The summed E-state index contributed by atoms with van der Waals surface area (Å²) in [5, 5.41) is 15.4. The van der Waals surface area contributed by atoms with Crippen molar-refractivity contribution in [2.75, 3.05) is 11.9 Å². The first-order valence-electron chi connectivity index (χ1n) is 7.00. The van der Waals surface area contributed by atoms with E-state index < -0.39 is 0 Å². The van der Waals surface area contributed by atoms with Crippen molar-refractivity contribution in [1.82, 2.24) is 5.32 Å². The highest BCUT2D eigenvalue weighted by atomic mass is 35.5. The molecule has 0 fully saturated rings. The SMILES string of the molecule is Cc1cc(NC(=O)c2ccccc2Cl)sc1C(=O)NC(C)CO. The summed E-state index contributed by atoms with van der Waals surface area (Å²) in [6.07, 6.45) is 0. The Labute approximate surface area is 143 Å². The van der Waals surface area contributed by atoms with E-state index >= 15 is 0 Å². The van der Waals surface area contributed by atoms with Gasteiger partial charge < -0.3 is 15.7 Å². The standard InChI is InChI=1S/C16H17ClN2O3S/c1-9-7-13(23-14(9)16(22)18-10(2)8-20)19-15(21)11-5-3-4-6-12(11)17/h3-7,10,20H,8H2,1-2H3,(H,18,22)(H,19,21). The number of amides is 2. The number of rotatable bonds is 5. The van der Waals surface area contributed by atoms with E-state index in [2.05, 4.69) is 10.6 Å². The minimum atomic E-state index is -0.329. The molecule has 1 aromatic heterocycles. The van der Waals surface area contributed by atoms with Crippen LogP contribution in [0.15, 0.2) is 30.3 Å². The Bertz CT molecular complexity index is 730. The molecule has 1 aromatic carbocycles. The normalized spacial score (nSPS) is 11.8. The fourth-order valence-corrected chi connectivity index (χ4v) is 3.12. The maximum atomic E-state index is 12.2. The quantitative estimate of drug-likeness (QED) is 0.773. The summed E-state index contributed by atoms with van der Waals surface area (Å²) in [4.78, 5) is 24.8. The number of aryl methyl sites for hydroxylation is 1. The fourth-order valence-electron chi connectivity index (χ4n) is 1.93. The van der Waals surface area contributed by atoms with E-state index in [1.165, 1.54) is 11.3 Å². The topological polar surface area (TPSA) is 78.4 Å². The van der Waals surface area contributed by atoms with Gasteiger partial charge in [0, 0.05) is 6.04 Å². The molecule has 7 heteroatoms. The summed E-state index contributed by atoms with van der Waals surface area (Å²) in [6, 6.07) is 8.16. The molecular weight excluding hydrogens is 336 g/mol. The third-order valence-electron chi connectivity index (χ3n) is 3.13. The van der Waals surface area contributed by atoms with Crippen molar-refractivity contribution < 1.29 is 14.7 Å². The minimum absolute atomic E-state index is 0.133. The Kier molecular flexibility index (Phi) is 5.76. The number of aliphatic hydroxyl groups excluding tert-OH is 1. The molecule has 1 atom stereocenters. The van der Waals surface area contributed by atoms with Gasteiger partial charge in [0.1, 0.15) is 0 Å². The number of anilines is 1. The van der Waals surface area contributed by atoms with E-state index in [0.29, 0.717) is 20.5 Å². The maximum Gasteiger partial charge on any atom is 0.261 e. The number of carbonyl (C=O) groups is 2. The van der Waals surface area contributed by atoms with Crippen LogP contribution in [0.1, 0.15) is 32.5 Å². The lowest BCUT2D eigenvalue weighted by molar-refractivity contribution is 0.0925. The second-order valence-corrected chi connectivity index (χ2v) is 6.57. The molecule has 122 valence electrons. The predicted molar refractivity (Wildman–Crippen MR) is 92.5 cm³/mol. The predicted octanol–water partition coefficient (Wildman–Crippen LogP) is 3.07. The number of hydrogen-bond donors (Lipinski definition) is 3. The lowest BCUT2D eigenvalue weighted by atomic mass is 10.2. The van der Waals surface area contributed by atoms with Crippen molar-refractivity contribution in [1.29, 1.82) is 0 Å². The van der Waals surface area contributed by atoms with Crippen molar-refractivity contribution in [3.63, 3.8) is 0 Å². The molecule has 0 aliphatic carbocycles. The molecule has 1 heterocycles. The Hall–Kier alpha value is -1.89. The van der Waals surface area contributed by atoms with Crippen LogP contribution < -0.4 is 10.6 Å². The second kappa shape index (κ2) is 7.59. The number of halogens is 1. The first kappa shape index (κ1) is 17.5. The Morgan fingerprint density at radius 1 is 1.30 bits per heavy atom. The monoisotopic (exact) mass is 352 g/mol. The lowest BCUT2D eigenvalue weighted by Gasteiger charge is -2.09. The van der Waals surface area contributed by atoms with Gasteiger partial charge in [0.25, 0.3) is 11.8 Å². The molecule has 0 saturated heterocycles. The van der Waals surface area contributed by atoms with E-state index in [0.717, 1.165) is 5.56 Å². The average Bonchev–Trinajstić information content (AvgIpc) is 2.88. The molecule has 1 unspecified atom stereocenters. The number of nitrogens with one attached hydrogen (secondary N) is 2. The van der Waals surface area contributed by atoms with Gasteiger partial charge >= 0.3 is 0 Å². The van der Waals surface area contributed by atoms with Crippen molar-refractivity contribution in [3.8, 4) is 0 Å². The van der Waals surface area contributed by atoms with Crippen molar-refractivity contribution >= 4 is 39.8 Å². The largest absolute Gasteiger partial charge is 0.394 e. The molecule has 0 aliphatic heterocycles. The highest BCUT2D eigenvalue weighted by molar-refractivity contribution is 7.18. The first-order chi connectivity index (χ1) is 10.9. The van der Waals surface area contributed by atoms with Gasteiger partial charge in [-0.15, -0.1) is 11.3 Å². The van der Waals surface area contributed by atoms with E-state index in [4.69, 9.17) is 16.7 Å². The van der Waals surface area contributed by atoms with Crippen LogP contribution in [0.3, 0.4) is 0 Å². The third kappa shape index (κ3) is 4.31. The Balaban J connectivity index is 2.13. The van der Waals surface area contributed by atoms with Crippen LogP contribution in [0.2, 0.25) is 5.02 Å². The number of aliphatic hydroxyl groups is 1. The molecule has 0 spiro atoms. The fraction of sp³-hybridized carbons (Fsp3) is 0.250. The summed E-state index contributed by atoms with van der Waals surface area (Å²) < 4.78 is 0. The van der Waals surface area contributed by atoms with Gasteiger partial charge in [-0.25, -0.2) is 0 Å². The molecule has 0 aliphatic rings. The van der Waals surface area contributed by atoms with E-state index in [9.17, 15) is 9.59 Å². The van der Waals surface area contributed by atoms with Crippen molar-refractivity contribution in [2.24, 2.45) is 0 Å². The van der Waals surface area contributed by atoms with Crippen LogP contribution in [0.4, 0.5) is 5.00 Å². The van der Waals surface area contributed by atoms with Crippen molar-refractivity contribution in [3.05, 3.63) is 51.4 Å². The third-order valence-corrected chi connectivity index (χ3v) is 4.61. The smallest absolute Gasteiger partial charge is 0.261 e. The van der Waals surface area contributed by atoms with Crippen LogP contribution in [0.5, 0.6) is 0 Å². The Morgan fingerprint density at radius 2 is 2.00 bits per heavy atom. The summed E-state index contributed by atoms with van der Waals surface area (Å²) in [5.41, 5.74) is 1.13. The minimum Gasteiger partial charge on any atom is -0.394 e. The zero-order valence-corrected chi connectivity index (χ0v) is 14.3. The molecule has 2 amide bonds. The molecule has 3 N–H and O–H groups in total. The Morgan fingerprint density at radius 3 is 2.65 bits per heavy atom. The molecule has 0 saturated carbocycles. The zero-order valence-electron chi connectivity index (χ0n) is 12.7. The van der Waals surface area contributed by atoms with Gasteiger partial charge in [-0.1, -0.05) is 23.7 Å². The lowest BCUT2D eigenvalue weighted by Crippen LogP contribution is -2.34. The average molecular weight is 353 g/mol. The van der Waals surface area contributed by atoms with Crippen LogP contribution in [-0.4, -0.2) is 29.6 Å². The van der Waals surface area contributed by atoms with E-state index in [1.807, 2.05) is 0 Å². The van der Waals surface area contributed by atoms with Crippen molar-refractivity contribution in [2.45, 2.75) is 19.9 Å². The van der Waals surface area contributed by atoms with Crippen LogP contribution in [-0.2, 0) is 0 Å². The molecule has 0 radical (unpaired) electrons. The second-order valence-electron chi connectivity index (χ2n) is 5.11. The first-order valence-corrected chi connectivity index (χ1v) is 8.20. The van der Waals surface area contributed by atoms with Gasteiger partial charge in [-0.05, 0) is 37.6 Å². The van der Waals surface area contributed by atoms with Gasteiger partial charge in [0.2, 0.25) is 0 Å². The van der Waals surface area contributed by atoms with E-state index in [-0.39, 0.29) is 24.5 Å². The molecule has 5 nitrogen and oxygen atoms in total. The molecule has 23 heavy (non-hydrogen) atoms. The highest BCUT2D eigenvalue weighted by Crippen LogP contribution is 2.27. The van der Waals surface area contributed by atoms with Gasteiger partial charge in [0.15, 0.2) is 0 Å². The molecule has 0 bridgehead atoms. The highest BCUT2D eigenvalue weighted by Gasteiger charge is 2.17. The zero-order chi connectivity index (χ0) is 17.0. The van der Waals surface area contributed by atoms with Crippen LogP contribution in [0, 0.1) is 6.92 Å². The van der Waals surface area contributed by atoms with Gasteiger partial charge in [-0.3, -0.25) is 9.59 Å². The molecule has 2 aromatic rings. The summed E-state index contributed by atoms with van der Waals surface area (Å²) in [6.45, 7) is 3.37.